The molecular formula is C15H19N3O9. The van der Waals surface area contributed by atoms with Crippen molar-refractivity contribution in [1.82, 2.24) is 9.55 Å². The highest BCUT2D eigenvalue weighted by atomic mass is 16.6. The molecule has 2 rings (SSSR count). The van der Waals surface area contributed by atoms with E-state index in [9.17, 15) is 34.5 Å². The molecule has 1 unspecified atom stereocenters. The van der Waals surface area contributed by atoms with Crippen molar-refractivity contribution in [2.45, 2.75) is 50.4 Å². The number of nitrogen functional groups attached to an aromatic ring is 1. The number of hydrogen-bond donors (Lipinski definition) is 5. The summed E-state index contributed by atoms with van der Waals surface area (Å²) in [5.74, 6) is -5.27. The number of carbonyl (C=O) groups excluding carboxylic acids is 3. The van der Waals surface area contributed by atoms with E-state index in [-0.39, 0.29) is 0 Å². The molecule has 12 nitrogen and oxygen atoms in total. The molecule has 1 aliphatic rings. The molecule has 1 saturated heterocycles. The van der Waals surface area contributed by atoms with Crippen LogP contribution < -0.4 is 5.73 Å². The lowest BCUT2D eigenvalue weighted by atomic mass is 9.73. The second kappa shape index (κ2) is 6.49. The molecule has 1 aliphatic heterocycles. The van der Waals surface area contributed by atoms with Crippen molar-refractivity contribution >= 4 is 29.1 Å². The van der Waals surface area contributed by atoms with Crippen molar-refractivity contribution in [2.75, 3.05) is 5.73 Å². The van der Waals surface area contributed by atoms with Crippen LogP contribution in [0.1, 0.15) is 37.5 Å². The fourth-order valence-electron chi connectivity index (χ4n) is 3.16. The number of aliphatic hydroxyl groups excluding tert-OH is 1. The molecule has 12 heteroatoms. The quantitative estimate of drug-likeness (QED) is 0.351. The maximum atomic E-state index is 12.3. The van der Waals surface area contributed by atoms with Crippen LogP contribution in [0.5, 0.6) is 0 Å². The standard InChI is InChI=1S/C15H19N3O9/c1-5(19)9(22)10-14(25,6(2)20)15(26,7(3)21)13(27-10)18-4-17-8(11(18)16)12(23)24/h4,9-10,13,22,25-26H,16H2,1-3H3,(H,23,24)/t9?,10-,13-,14-,15+/m1/s1. The third-order valence-electron chi connectivity index (χ3n) is 4.69. The minimum Gasteiger partial charge on any atom is -0.476 e. The molecular weight excluding hydrogens is 366 g/mol. The molecule has 0 bridgehead atoms. The van der Waals surface area contributed by atoms with Crippen LogP contribution >= 0.6 is 0 Å². The number of rotatable bonds is 6. The minimum atomic E-state index is -3.02. The molecule has 2 heterocycles. The van der Waals surface area contributed by atoms with Crippen LogP contribution in [0, 0.1) is 0 Å². The van der Waals surface area contributed by atoms with E-state index in [1.807, 2.05) is 0 Å². The summed E-state index contributed by atoms with van der Waals surface area (Å²) < 4.78 is 6.06. The van der Waals surface area contributed by atoms with Crippen molar-refractivity contribution in [3.8, 4) is 0 Å². The number of carbonyl (C=O) groups is 4. The number of hydrogen-bond acceptors (Lipinski definition) is 10. The second-order valence-corrected chi connectivity index (χ2v) is 6.30. The Morgan fingerprint density at radius 2 is 1.70 bits per heavy atom. The summed E-state index contributed by atoms with van der Waals surface area (Å²) in [6.45, 7) is 2.63. The number of aromatic nitrogens is 2. The first-order chi connectivity index (χ1) is 12.3. The van der Waals surface area contributed by atoms with Gasteiger partial charge in [0.05, 0.1) is 6.33 Å². The zero-order chi connectivity index (χ0) is 20.9. The largest absolute Gasteiger partial charge is 0.476 e. The van der Waals surface area contributed by atoms with Crippen LogP contribution in [0.4, 0.5) is 5.82 Å². The predicted octanol–water partition coefficient (Wildman–Crippen LogP) is -2.35. The number of ketones is 3. The monoisotopic (exact) mass is 385 g/mol. The molecule has 1 aromatic rings. The van der Waals surface area contributed by atoms with Gasteiger partial charge in [-0.25, -0.2) is 9.78 Å². The Balaban J connectivity index is 2.75. The number of Topliss-reactive ketones (excluding diaryl/α,β-unsaturated/α-hetero) is 3. The smallest absolute Gasteiger partial charge is 0.358 e. The lowest BCUT2D eigenvalue weighted by Crippen LogP contribution is -2.67. The molecule has 0 saturated carbocycles. The van der Waals surface area contributed by atoms with Crippen molar-refractivity contribution in [2.24, 2.45) is 0 Å². The number of ether oxygens (including phenoxy) is 1. The van der Waals surface area contributed by atoms with Crippen molar-refractivity contribution in [1.29, 1.82) is 0 Å². The van der Waals surface area contributed by atoms with Crippen LogP contribution in [0.2, 0.25) is 0 Å². The normalized spacial score (nSPS) is 31.5. The van der Waals surface area contributed by atoms with Gasteiger partial charge in [0.1, 0.15) is 18.0 Å². The summed E-state index contributed by atoms with van der Waals surface area (Å²) in [5.41, 5.74) is -0.975. The van der Waals surface area contributed by atoms with Gasteiger partial charge in [-0.15, -0.1) is 0 Å². The summed E-state index contributed by atoms with van der Waals surface area (Å²) in [6.07, 6.45) is -5.22. The van der Waals surface area contributed by atoms with E-state index in [0.717, 1.165) is 31.7 Å². The summed E-state index contributed by atoms with van der Waals surface area (Å²) >= 11 is 0. The van der Waals surface area contributed by atoms with Crippen LogP contribution in [0.3, 0.4) is 0 Å². The van der Waals surface area contributed by atoms with Crippen molar-refractivity contribution in [3.05, 3.63) is 12.0 Å². The fourth-order valence-corrected chi connectivity index (χ4v) is 3.16. The number of carboxylic acids is 1. The van der Waals surface area contributed by atoms with Crippen LogP contribution in [0.25, 0.3) is 0 Å². The number of imidazole rings is 1. The number of nitrogens with two attached hydrogens (primary N) is 1. The molecule has 1 aromatic heterocycles. The molecule has 27 heavy (non-hydrogen) atoms. The first kappa shape index (κ1) is 20.6. The first-order valence-corrected chi connectivity index (χ1v) is 7.68. The lowest BCUT2D eigenvalue weighted by molar-refractivity contribution is -0.184. The number of nitrogens with zero attached hydrogens (tertiary/aromatic N) is 2. The fraction of sp³-hybridized carbons (Fsp3) is 0.533. The summed E-state index contributed by atoms with van der Waals surface area (Å²) in [6, 6.07) is 0. The Morgan fingerprint density at radius 3 is 2.07 bits per heavy atom. The Morgan fingerprint density at radius 1 is 1.19 bits per heavy atom. The number of aromatic carboxylic acids is 1. The van der Waals surface area contributed by atoms with Gasteiger partial charge >= 0.3 is 5.97 Å². The first-order valence-electron chi connectivity index (χ1n) is 7.68. The molecule has 0 amide bonds. The van der Waals surface area contributed by atoms with E-state index in [4.69, 9.17) is 15.6 Å². The van der Waals surface area contributed by atoms with E-state index in [0.29, 0.717) is 0 Å². The molecule has 6 N–H and O–H groups in total. The van der Waals surface area contributed by atoms with Crippen molar-refractivity contribution < 1.29 is 44.3 Å². The van der Waals surface area contributed by atoms with E-state index in [1.165, 1.54) is 0 Å². The molecule has 0 spiro atoms. The molecule has 0 aliphatic carbocycles. The van der Waals surface area contributed by atoms with Crippen LogP contribution in [-0.2, 0) is 19.1 Å². The Bertz CT molecular complexity index is 834. The van der Waals surface area contributed by atoms with Gasteiger partial charge in [-0.3, -0.25) is 19.0 Å². The third kappa shape index (κ3) is 2.65. The van der Waals surface area contributed by atoms with Gasteiger partial charge < -0.3 is 30.9 Å². The Kier molecular flexibility index (Phi) is 4.96. The zero-order valence-corrected chi connectivity index (χ0v) is 14.6. The molecule has 5 atom stereocenters. The highest BCUT2D eigenvalue weighted by Gasteiger charge is 2.73. The predicted molar refractivity (Wildman–Crippen MR) is 85.5 cm³/mol. The molecule has 0 radical (unpaired) electrons. The number of carboxylic acid groups (broad SMARTS) is 1. The van der Waals surface area contributed by atoms with E-state index in [1.54, 1.807) is 0 Å². The molecule has 1 fully saturated rings. The van der Waals surface area contributed by atoms with E-state index in [2.05, 4.69) is 4.98 Å². The summed E-state index contributed by atoms with van der Waals surface area (Å²) in [7, 11) is 0. The van der Waals surface area contributed by atoms with E-state index >= 15 is 0 Å². The van der Waals surface area contributed by atoms with Crippen LogP contribution in [0.15, 0.2) is 6.33 Å². The van der Waals surface area contributed by atoms with Crippen LogP contribution in [-0.4, -0.2) is 76.7 Å². The van der Waals surface area contributed by atoms with Gasteiger partial charge in [-0.1, -0.05) is 0 Å². The van der Waals surface area contributed by atoms with Gasteiger partial charge in [0.15, 0.2) is 34.9 Å². The average molecular weight is 385 g/mol. The Hall–Kier alpha value is -2.67. The number of anilines is 1. The molecule has 0 aromatic carbocycles. The second-order valence-electron chi connectivity index (χ2n) is 6.30. The maximum absolute atomic E-state index is 12.3. The summed E-state index contributed by atoms with van der Waals surface area (Å²) in [4.78, 5) is 50.7. The van der Waals surface area contributed by atoms with Gasteiger partial charge in [0.25, 0.3) is 0 Å². The van der Waals surface area contributed by atoms with Gasteiger partial charge in [-0.05, 0) is 20.8 Å². The van der Waals surface area contributed by atoms with E-state index < -0.39 is 64.5 Å². The topological polar surface area (TPSA) is 202 Å². The highest BCUT2D eigenvalue weighted by Crippen LogP contribution is 2.49. The highest BCUT2D eigenvalue weighted by molar-refractivity contribution is 6.00. The zero-order valence-electron chi connectivity index (χ0n) is 14.6. The third-order valence-corrected chi connectivity index (χ3v) is 4.69. The maximum Gasteiger partial charge on any atom is 0.358 e. The molecule has 148 valence electrons. The van der Waals surface area contributed by atoms with Gasteiger partial charge in [-0.2, -0.15) is 0 Å². The van der Waals surface area contributed by atoms with Gasteiger partial charge in [0.2, 0.25) is 5.60 Å². The Labute approximate surface area is 152 Å². The minimum absolute atomic E-state index is 0.545. The average Bonchev–Trinajstić information content (AvgIpc) is 3.05. The summed E-state index contributed by atoms with van der Waals surface area (Å²) in [5, 5.41) is 41.1. The number of aliphatic hydroxyl groups is 3. The lowest BCUT2D eigenvalue weighted by Gasteiger charge is -2.37. The van der Waals surface area contributed by atoms with Crippen molar-refractivity contribution in [3.63, 3.8) is 0 Å². The SMILES string of the molecule is CC(=O)C(O)[C@H]1O[C@@H](n2cnc(C(=O)O)c2N)[C@@](O)(C(C)=O)[C@@]1(O)C(C)=O. The van der Waals surface area contributed by atoms with Gasteiger partial charge in [0, 0.05) is 0 Å².